The van der Waals surface area contributed by atoms with Gasteiger partial charge in [0.1, 0.15) is 5.76 Å². The summed E-state index contributed by atoms with van der Waals surface area (Å²) in [5.41, 5.74) is 2.01. The van der Waals surface area contributed by atoms with Crippen LogP contribution in [0.4, 0.5) is 0 Å². The van der Waals surface area contributed by atoms with Crippen LogP contribution in [0, 0.1) is 5.92 Å². The molecule has 2 aromatic heterocycles. The molecule has 3 aromatic rings. The molecule has 29 heavy (non-hydrogen) atoms. The largest absolute Gasteiger partial charge is 0.467 e. The normalized spacial score (nSPS) is 16.2. The van der Waals surface area contributed by atoms with Gasteiger partial charge >= 0.3 is 0 Å². The molecule has 2 amide bonds. The number of hydrogen-bond donors (Lipinski definition) is 0. The van der Waals surface area contributed by atoms with Crippen LogP contribution in [0.25, 0.3) is 0 Å². The van der Waals surface area contributed by atoms with Crippen LogP contribution in [-0.2, 0) is 29.2 Å². The van der Waals surface area contributed by atoms with Gasteiger partial charge in [-0.25, -0.2) is 0 Å². The second-order valence-corrected chi connectivity index (χ2v) is 7.30. The number of pyridine rings is 1. The summed E-state index contributed by atoms with van der Waals surface area (Å²) in [6.45, 7) is 1.76. The number of carbonyl (C=O) groups excluding carboxylic acids is 2. The first kappa shape index (κ1) is 18.9. The molecule has 1 fully saturated rings. The van der Waals surface area contributed by atoms with Gasteiger partial charge < -0.3 is 14.2 Å². The molecule has 1 aliphatic heterocycles. The number of benzene rings is 1. The maximum Gasteiger partial charge on any atom is 0.228 e. The summed E-state index contributed by atoms with van der Waals surface area (Å²) < 4.78 is 5.45. The van der Waals surface area contributed by atoms with Crippen molar-refractivity contribution in [3.05, 3.63) is 90.1 Å². The monoisotopic (exact) mass is 389 g/mol. The second kappa shape index (κ2) is 8.73. The summed E-state index contributed by atoms with van der Waals surface area (Å²) >= 11 is 0. The number of hydrogen-bond acceptors (Lipinski definition) is 4. The fourth-order valence-corrected chi connectivity index (χ4v) is 3.67. The molecule has 0 bridgehead atoms. The van der Waals surface area contributed by atoms with E-state index in [0.29, 0.717) is 31.9 Å². The van der Waals surface area contributed by atoms with Crippen molar-refractivity contribution in [2.45, 2.75) is 26.1 Å². The Morgan fingerprint density at radius 3 is 2.62 bits per heavy atom. The van der Waals surface area contributed by atoms with Crippen LogP contribution in [0.5, 0.6) is 0 Å². The van der Waals surface area contributed by atoms with Crippen molar-refractivity contribution < 1.29 is 14.0 Å². The molecular weight excluding hydrogens is 366 g/mol. The highest BCUT2D eigenvalue weighted by Gasteiger charge is 2.36. The average Bonchev–Trinajstić information content (AvgIpc) is 3.39. The Morgan fingerprint density at radius 2 is 1.90 bits per heavy atom. The quantitative estimate of drug-likeness (QED) is 0.622. The van der Waals surface area contributed by atoms with Crippen molar-refractivity contribution in [3.63, 3.8) is 0 Å². The van der Waals surface area contributed by atoms with Gasteiger partial charge in [-0.3, -0.25) is 14.6 Å². The summed E-state index contributed by atoms with van der Waals surface area (Å²) in [6, 6.07) is 17.3. The lowest BCUT2D eigenvalue weighted by Gasteiger charge is -2.25. The van der Waals surface area contributed by atoms with Gasteiger partial charge in [0, 0.05) is 38.4 Å². The zero-order valence-electron chi connectivity index (χ0n) is 16.1. The summed E-state index contributed by atoms with van der Waals surface area (Å²) in [4.78, 5) is 33.5. The highest BCUT2D eigenvalue weighted by molar-refractivity contribution is 5.89. The first-order valence-electron chi connectivity index (χ1n) is 9.71. The number of aromatic nitrogens is 1. The molecule has 1 saturated heterocycles. The molecule has 1 unspecified atom stereocenters. The molecule has 0 N–H and O–H groups in total. The lowest BCUT2D eigenvalue weighted by molar-refractivity contribution is -0.137. The number of rotatable bonds is 7. The van der Waals surface area contributed by atoms with Crippen molar-refractivity contribution in [1.29, 1.82) is 0 Å². The third-order valence-electron chi connectivity index (χ3n) is 5.11. The van der Waals surface area contributed by atoms with E-state index in [4.69, 9.17) is 4.42 Å². The topological polar surface area (TPSA) is 66.7 Å². The molecular formula is C23H23N3O3. The van der Waals surface area contributed by atoms with E-state index in [0.717, 1.165) is 11.1 Å². The fourth-order valence-electron chi connectivity index (χ4n) is 3.67. The predicted octanol–water partition coefficient (Wildman–Crippen LogP) is 3.25. The zero-order valence-corrected chi connectivity index (χ0v) is 16.1. The zero-order chi connectivity index (χ0) is 20.1. The van der Waals surface area contributed by atoms with Crippen LogP contribution >= 0.6 is 0 Å². The smallest absolute Gasteiger partial charge is 0.228 e. The van der Waals surface area contributed by atoms with Gasteiger partial charge in [0.2, 0.25) is 11.8 Å². The molecule has 6 heteroatoms. The van der Waals surface area contributed by atoms with Crippen molar-refractivity contribution in [1.82, 2.24) is 14.8 Å². The van der Waals surface area contributed by atoms with Gasteiger partial charge in [-0.1, -0.05) is 36.4 Å². The van der Waals surface area contributed by atoms with E-state index in [-0.39, 0.29) is 24.2 Å². The molecule has 3 heterocycles. The standard InChI is InChI=1S/C23H23N3O3/c27-22-12-20(16-25(22)14-18-6-2-1-3-7-18)23(28)26(17-21-9-5-11-29-21)15-19-8-4-10-24-13-19/h1-11,13,20H,12,14-17H2. The molecule has 1 aromatic carbocycles. The Balaban J connectivity index is 1.47. The van der Waals surface area contributed by atoms with E-state index in [1.54, 1.807) is 28.5 Å². The lowest BCUT2D eigenvalue weighted by atomic mass is 10.1. The van der Waals surface area contributed by atoms with Crippen molar-refractivity contribution >= 4 is 11.8 Å². The molecule has 0 aliphatic carbocycles. The number of nitrogens with zero attached hydrogens (tertiary/aromatic N) is 3. The van der Waals surface area contributed by atoms with E-state index in [1.807, 2.05) is 54.6 Å². The molecule has 1 atom stereocenters. The van der Waals surface area contributed by atoms with E-state index in [2.05, 4.69) is 4.98 Å². The Hall–Kier alpha value is -3.41. The van der Waals surface area contributed by atoms with Crippen molar-refractivity contribution in [2.75, 3.05) is 6.54 Å². The predicted molar refractivity (Wildman–Crippen MR) is 107 cm³/mol. The minimum atomic E-state index is -0.349. The number of furan rings is 1. The molecule has 4 rings (SSSR count). The summed E-state index contributed by atoms with van der Waals surface area (Å²) in [5, 5.41) is 0. The van der Waals surface area contributed by atoms with Gasteiger partial charge in [0.15, 0.2) is 0 Å². The first-order chi connectivity index (χ1) is 14.2. The van der Waals surface area contributed by atoms with E-state index < -0.39 is 0 Å². The van der Waals surface area contributed by atoms with Crippen LogP contribution in [-0.4, -0.2) is 33.1 Å². The van der Waals surface area contributed by atoms with Crippen LogP contribution in [0.15, 0.2) is 77.7 Å². The molecule has 0 saturated carbocycles. The van der Waals surface area contributed by atoms with Gasteiger partial charge in [-0.2, -0.15) is 0 Å². The third-order valence-corrected chi connectivity index (χ3v) is 5.11. The third kappa shape index (κ3) is 4.71. The highest BCUT2D eigenvalue weighted by Crippen LogP contribution is 2.24. The van der Waals surface area contributed by atoms with Gasteiger partial charge in [-0.05, 0) is 29.3 Å². The molecule has 6 nitrogen and oxygen atoms in total. The average molecular weight is 389 g/mol. The van der Waals surface area contributed by atoms with E-state index in [9.17, 15) is 9.59 Å². The second-order valence-electron chi connectivity index (χ2n) is 7.30. The maximum atomic E-state index is 13.3. The molecule has 148 valence electrons. The van der Waals surface area contributed by atoms with Crippen LogP contribution in [0.3, 0.4) is 0 Å². The Bertz CT molecular complexity index is 942. The molecule has 0 spiro atoms. The van der Waals surface area contributed by atoms with E-state index in [1.165, 1.54) is 0 Å². The maximum absolute atomic E-state index is 13.3. The summed E-state index contributed by atoms with van der Waals surface area (Å²) in [6.07, 6.45) is 5.30. The van der Waals surface area contributed by atoms with Crippen LogP contribution in [0.1, 0.15) is 23.3 Å². The van der Waals surface area contributed by atoms with Crippen LogP contribution in [0.2, 0.25) is 0 Å². The Kier molecular flexibility index (Phi) is 5.70. The van der Waals surface area contributed by atoms with Crippen molar-refractivity contribution in [2.24, 2.45) is 5.92 Å². The highest BCUT2D eigenvalue weighted by atomic mass is 16.3. The summed E-state index contributed by atoms with van der Waals surface area (Å²) in [7, 11) is 0. The SMILES string of the molecule is O=C1CC(C(=O)N(Cc2cccnc2)Cc2ccco2)CN1Cc1ccccc1. The van der Waals surface area contributed by atoms with Crippen LogP contribution < -0.4 is 0 Å². The number of likely N-dealkylation sites (tertiary alicyclic amines) is 1. The number of carbonyl (C=O) groups is 2. The Morgan fingerprint density at radius 1 is 1.07 bits per heavy atom. The van der Waals surface area contributed by atoms with E-state index >= 15 is 0 Å². The molecule has 0 radical (unpaired) electrons. The lowest BCUT2D eigenvalue weighted by Crippen LogP contribution is -2.36. The number of amides is 2. The first-order valence-corrected chi connectivity index (χ1v) is 9.71. The fraction of sp³-hybridized carbons (Fsp3) is 0.261. The minimum Gasteiger partial charge on any atom is -0.467 e. The van der Waals surface area contributed by atoms with Gasteiger partial charge in [0.05, 0.1) is 18.7 Å². The van der Waals surface area contributed by atoms with Gasteiger partial charge in [-0.15, -0.1) is 0 Å². The molecule has 1 aliphatic rings. The minimum absolute atomic E-state index is 0.0199. The summed E-state index contributed by atoms with van der Waals surface area (Å²) in [5.74, 6) is 0.353. The van der Waals surface area contributed by atoms with Gasteiger partial charge in [0.25, 0.3) is 0 Å². The van der Waals surface area contributed by atoms with Crippen molar-refractivity contribution in [3.8, 4) is 0 Å². The Labute approximate surface area is 169 Å².